The Balaban J connectivity index is 1.71. The van der Waals surface area contributed by atoms with E-state index in [0.717, 1.165) is 31.9 Å². The van der Waals surface area contributed by atoms with Crippen LogP contribution in [0.2, 0.25) is 0 Å². The minimum absolute atomic E-state index is 0.477. The summed E-state index contributed by atoms with van der Waals surface area (Å²) in [6.45, 7) is 6.27. The van der Waals surface area contributed by atoms with Crippen LogP contribution in [0.25, 0.3) is 0 Å². The molecule has 0 N–H and O–H groups in total. The molecule has 1 atom stereocenters. The molecule has 1 aromatic heterocycles. The Bertz CT molecular complexity index is 582. The van der Waals surface area contributed by atoms with Crippen molar-refractivity contribution in [1.29, 1.82) is 0 Å². The first-order valence-electron chi connectivity index (χ1n) is 7.62. The van der Waals surface area contributed by atoms with E-state index in [1.807, 2.05) is 0 Å². The topological polar surface area (TPSA) is 19.4 Å². The number of likely N-dealkylation sites (N-methyl/N-ethyl adjacent to an activating group) is 1. The van der Waals surface area contributed by atoms with Crippen LogP contribution in [0.1, 0.15) is 23.0 Å². The van der Waals surface area contributed by atoms with Crippen LogP contribution in [0.15, 0.2) is 48.5 Å². The number of hydrogen-bond donors (Lipinski definition) is 0. The summed E-state index contributed by atoms with van der Waals surface area (Å²) in [7, 11) is 2.22. The molecule has 0 unspecified atom stereocenters. The first-order valence-corrected chi connectivity index (χ1v) is 7.62. The summed E-state index contributed by atoms with van der Waals surface area (Å²) in [6, 6.07) is 17.6. The van der Waals surface area contributed by atoms with Crippen LogP contribution in [-0.2, 0) is 6.54 Å². The van der Waals surface area contributed by atoms with Gasteiger partial charge in [-0.15, -0.1) is 0 Å². The number of hydrogen-bond acceptors (Lipinski definition) is 3. The van der Waals surface area contributed by atoms with E-state index in [2.05, 4.69) is 77.3 Å². The summed E-state index contributed by atoms with van der Waals surface area (Å²) in [5.74, 6) is 0. The van der Waals surface area contributed by atoms with Crippen LogP contribution < -0.4 is 0 Å². The number of benzene rings is 1. The molecule has 0 aliphatic carbocycles. The van der Waals surface area contributed by atoms with Gasteiger partial charge in [0.15, 0.2) is 0 Å². The zero-order valence-corrected chi connectivity index (χ0v) is 12.9. The van der Waals surface area contributed by atoms with Crippen LogP contribution in [-0.4, -0.2) is 41.5 Å². The summed E-state index contributed by atoms with van der Waals surface area (Å²) in [6.07, 6.45) is 0. The monoisotopic (exact) mass is 281 g/mol. The lowest BCUT2D eigenvalue weighted by atomic mass is 10.0. The van der Waals surface area contributed by atoms with Crippen molar-refractivity contribution in [3.05, 3.63) is 65.5 Å². The van der Waals surface area contributed by atoms with E-state index < -0.39 is 0 Å². The zero-order chi connectivity index (χ0) is 14.7. The summed E-state index contributed by atoms with van der Waals surface area (Å²) in [5.41, 5.74) is 3.68. The van der Waals surface area contributed by atoms with Crippen LogP contribution in [0.5, 0.6) is 0 Å². The maximum absolute atomic E-state index is 4.63. The number of nitrogens with zero attached hydrogens (tertiary/aromatic N) is 3. The fourth-order valence-corrected chi connectivity index (χ4v) is 3.03. The Labute approximate surface area is 127 Å². The second kappa shape index (κ2) is 6.37. The third-order valence-electron chi connectivity index (χ3n) is 4.25. The number of rotatable bonds is 3. The molecule has 0 spiro atoms. The zero-order valence-electron chi connectivity index (χ0n) is 12.9. The fraction of sp³-hybridized carbons (Fsp3) is 0.389. The van der Waals surface area contributed by atoms with Crippen LogP contribution >= 0.6 is 0 Å². The standard InChI is InChI=1S/C18H23N3/c1-15-7-6-10-17(19-15)13-21-12-11-20(2)18(14-21)16-8-4-3-5-9-16/h3-10,18H,11-14H2,1-2H3/t18-/m1/s1. The normalized spacial score (nSPS) is 20.6. The Kier molecular flexibility index (Phi) is 4.32. The van der Waals surface area contributed by atoms with Crippen molar-refractivity contribution < 1.29 is 0 Å². The lowest BCUT2D eigenvalue weighted by molar-refractivity contribution is 0.0896. The van der Waals surface area contributed by atoms with E-state index in [1.54, 1.807) is 0 Å². The van der Waals surface area contributed by atoms with Gasteiger partial charge in [-0.2, -0.15) is 0 Å². The van der Waals surface area contributed by atoms with Crippen molar-refractivity contribution in [1.82, 2.24) is 14.8 Å². The van der Waals surface area contributed by atoms with Crippen molar-refractivity contribution in [3.63, 3.8) is 0 Å². The lowest BCUT2D eigenvalue weighted by Gasteiger charge is -2.39. The Morgan fingerprint density at radius 3 is 2.62 bits per heavy atom. The average Bonchev–Trinajstić information content (AvgIpc) is 2.50. The van der Waals surface area contributed by atoms with Crippen molar-refractivity contribution in [3.8, 4) is 0 Å². The molecule has 0 amide bonds. The van der Waals surface area contributed by atoms with Gasteiger partial charge in [0.1, 0.15) is 0 Å². The van der Waals surface area contributed by atoms with Gasteiger partial charge in [0, 0.05) is 37.9 Å². The van der Waals surface area contributed by atoms with E-state index in [-0.39, 0.29) is 0 Å². The van der Waals surface area contributed by atoms with Crippen LogP contribution in [0.4, 0.5) is 0 Å². The maximum atomic E-state index is 4.63. The molecule has 0 saturated carbocycles. The highest BCUT2D eigenvalue weighted by molar-refractivity contribution is 5.20. The summed E-state index contributed by atoms with van der Waals surface area (Å²) in [5, 5.41) is 0. The van der Waals surface area contributed by atoms with Crippen molar-refractivity contribution >= 4 is 0 Å². The quantitative estimate of drug-likeness (QED) is 0.862. The molecule has 1 aliphatic rings. The Hall–Kier alpha value is -1.71. The number of pyridine rings is 1. The van der Waals surface area contributed by atoms with E-state index in [1.165, 1.54) is 11.3 Å². The molecule has 2 aromatic rings. The molecule has 1 aliphatic heterocycles. The smallest absolute Gasteiger partial charge is 0.0547 e. The van der Waals surface area contributed by atoms with E-state index in [0.29, 0.717) is 6.04 Å². The minimum atomic E-state index is 0.477. The minimum Gasteiger partial charge on any atom is -0.297 e. The molecule has 21 heavy (non-hydrogen) atoms. The summed E-state index contributed by atoms with van der Waals surface area (Å²) >= 11 is 0. The first-order chi connectivity index (χ1) is 10.2. The highest BCUT2D eigenvalue weighted by atomic mass is 15.3. The molecule has 3 nitrogen and oxygen atoms in total. The van der Waals surface area contributed by atoms with Crippen molar-refractivity contribution in [2.24, 2.45) is 0 Å². The van der Waals surface area contributed by atoms with E-state index in [9.17, 15) is 0 Å². The molecule has 110 valence electrons. The number of aryl methyl sites for hydroxylation is 1. The van der Waals surface area contributed by atoms with Gasteiger partial charge in [0.2, 0.25) is 0 Å². The van der Waals surface area contributed by atoms with Gasteiger partial charge >= 0.3 is 0 Å². The molecule has 1 fully saturated rings. The third kappa shape index (κ3) is 3.49. The predicted molar refractivity (Wildman–Crippen MR) is 86.1 cm³/mol. The molecular weight excluding hydrogens is 258 g/mol. The van der Waals surface area contributed by atoms with Crippen LogP contribution in [0, 0.1) is 6.92 Å². The highest BCUT2D eigenvalue weighted by Crippen LogP contribution is 2.24. The molecule has 3 rings (SSSR count). The number of piperazine rings is 1. The average molecular weight is 281 g/mol. The second-order valence-corrected chi connectivity index (χ2v) is 5.91. The molecule has 0 bridgehead atoms. The van der Waals surface area contributed by atoms with Gasteiger partial charge in [-0.1, -0.05) is 36.4 Å². The number of aromatic nitrogens is 1. The van der Waals surface area contributed by atoms with Gasteiger partial charge in [-0.3, -0.25) is 14.8 Å². The fourth-order valence-electron chi connectivity index (χ4n) is 3.03. The predicted octanol–water partition coefficient (Wildman–Crippen LogP) is 2.88. The van der Waals surface area contributed by atoms with Crippen molar-refractivity contribution in [2.45, 2.75) is 19.5 Å². The highest BCUT2D eigenvalue weighted by Gasteiger charge is 2.25. The molecule has 3 heteroatoms. The van der Waals surface area contributed by atoms with E-state index in [4.69, 9.17) is 0 Å². The third-order valence-corrected chi connectivity index (χ3v) is 4.25. The summed E-state index contributed by atoms with van der Waals surface area (Å²) < 4.78 is 0. The van der Waals surface area contributed by atoms with Gasteiger partial charge in [0.05, 0.1) is 5.69 Å². The van der Waals surface area contributed by atoms with E-state index >= 15 is 0 Å². The van der Waals surface area contributed by atoms with Crippen molar-refractivity contribution in [2.75, 3.05) is 26.7 Å². The first kappa shape index (κ1) is 14.2. The van der Waals surface area contributed by atoms with Gasteiger partial charge < -0.3 is 0 Å². The van der Waals surface area contributed by atoms with Crippen LogP contribution in [0.3, 0.4) is 0 Å². The second-order valence-electron chi connectivity index (χ2n) is 5.91. The largest absolute Gasteiger partial charge is 0.297 e. The van der Waals surface area contributed by atoms with Gasteiger partial charge in [0.25, 0.3) is 0 Å². The Morgan fingerprint density at radius 1 is 1.05 bits per heavy atom. The summed E-state index contributed by atoms with van der Waals surface area (Å²) in [4.78, 5) is 9.60. The molecule has 1 aromatic carbocycles. The maximum Gasteiger partial charge on any atom is 0.0547 e. The lowest BCUT2D eigenvalue weighted by Crippen LogP contribution is -2.46. The molecular formula is C18H23N3. The SMILES string of the molecule is Cc1cccc(CN2CCN(C)[C@@H](c3ccccc3)C2)n1. The molecule has 1 saturated heterocycles. The molecule has 0 radical (unpaired) electrons. The van der Waals surface area contributed by atoms with Gasteiger partial charge in [-0.05, 0) is 31.7 Å². The molecule has 2 heterocycles. The van der Waals surface area contributed by atoms with Gasteiger partial charge in [-0.25, -0.2) is 0 Å². The Morgan fingerprint density at radius 2 is 1.86 bits per heavy atom.